The van der Waals surface area contributed by atoms with Gasteiger partial charge in [-0.2, -0.15) is 0 Å². The van der Waals surface area contributed by atoms with Crippen LogP contribution in [-0.4, -0.2) is 26.2 Å². The quantitative estimate of drug-likeness (QED) is 0.417. The summed E-state index contributed by atoms with van der Waals surface area (Å²) in [5.41, 5.74) is 5.46. The number of aryl methyl sites for hydroxylation is 2. The zero-order valence-corrected chi connectivity index (χ0v) is 20.3. The van der Waals surface area contributed by atoms with Crippen molar-refractivity contribution in [2.24, 2.45) is 5.92 Å². The van der Waals surface area contributed by atoms with Crippen LogP contribution in [0.2, 0.25) is 0 Å². The zero-order chi connectivity index (χ0) is 23.1. The van der Waals surface area contributed by atoms with Gasteiger partial charge in [-0.15, -0.1) is 11.3 Å². The number of aromatic nitrogens is 3. The van der Waals surface area contributed by atoms with E-state index < -0.39 is 0 Å². The number of thioether (sulfide) groups is 1. The number of hydrogen-bond donors (Lipinski definition) is 1. The molecule has 0 spiro atoms. The maximum atomic E-state index is 12.9. The first-order valence-electron chi connectivity index (χ1n) is 10.9. The van der Waals surface area contributed by atoms with E-state index in [9.17, 15) is 9.59 Å². The van der Waals surface area contributed by atoms with E-state index in [4.69, 9.17) is 4.98 Å². The summed E-state index contributed by atoms with van der Waals surface area (Å²) in [4.78, 5) is 35.1. The number of amides is 1. The van der Waals surface area contributed by atoms with E-state index in [0.29, 0.717) is 23.9 Å². The number of nitrogens with one attached hydrogen (secondary N) is 1. The Balaban J connectivity index is 1.31. The number of carbonyl (C=O) groups excluding carboxylic acids is 1. The summed E-state index contributed by atoms with van der Waals surface area (Å²) in [6.07, 6.45) is 0.639. The van der Waals surface area contributed by atoms with Crippen LogP contribution in [0.25, 0.3) is 20.8 Å². The molecule has 0 radical (unpaired) electrons. The third-order valence-electron chi connectivity index (χ3n) is 5.92. The van der Waals surface area contributed by atoms with Crippen LogP contribution in [-0.2, 0) is 17.8 Å². The van der Waals surface area contributed by atoms with Gasteiger partial charge in [0.2, 0.25) is 5.91 Å². The fourth-order valence-electron chi connectivity index (χ4n) is 4.06. The van der Waals surface area contributed by atoms with Gasteiger partial charge in [0, 0.05) is 34.8 Å². The number of fused-ring (bicyclic) bond motifs is 2. The maximum absolute atomic E-state index is 12.9. The smallest absolute Gasteiger partial charge is 0.257 e. The van der Waals surface area contributed by atoms with Gasteiger partial charge < -0.3 is 5.32 Å². The molecule has 1 atom stereocenters. The predicted molar refractivity (Wildman–Crippen MR) is 135 cm³/mol. The fraction of sp³-hybridized carbons (Fsp3) is 0.280. The Kier molecular flexibility index (Phi) is 5.80. The number of nitrogens with zero attached hydrogens (tertiary/aromatic N) is 3. The highest BCUT2D eigenvalue weighted by molar-refractivity contribution is 7.99. The standard InChI is InChI=1S/C25H24N4O2S2/c1-4-19-15(3)26-25-29(24(19)31)12-17(13-32-25)22(30)27-18-8-6-16(7-9-18)23-28-20-10-5-14(2)11-21(20)33-23/h5-11,17H,4,12-13H2,1-3H3,(H,27,30). The lowest BCUT2D eigenvalue weighted by molar-refractivity contribution is -0.119. The second kappa shape index (κ2) is 8.76. The summed E-state index contributed by atoms with van der Waals surface area (Å²) in [6, 6.07) is 14.0. The molecule has 8 heteroatoms. The molecule has 0 saturated heterocycles. The number of benzene rings is 2. The highest BCUT2D eigenvalue weighted by atomic mass is 32.2. The minimum Gasteiger partial charge on any atom is -0.326 e. The third-order valence-corrected chi connectivity index (χ3v) is 8.12. The van der Waals surface area contributed by atoms with Crippen LogP contribution in [0.5, 0.6) is 0 Å². The number of thiazole rings is 1. The molecule has 3 heterocycles. The maximum Gasteiger partial charge on any atom is 0.257 e. The second-order valence-electron chi connectivity index (χ2n) is 8.29. The Morgan fingerprint density at radius 3 is 2.70 bits per heavy atom. The molecule has 1 N–H and O–H groups in total. The number of rotatable bonds is 4. The van der Waals surface area contributed by atoms with E-state index in [0.717, 1.165) is 33.0 Å². The summed E-state index contributed by atoms with van der Waals surface area (Å²) >= 11 is 3.14. The highest BCUT2D eigenvalue weighted by Crippen LogP contribution is 2.32. The first kappa shape index (κ1) is 21.9. The van der Waals surface area contributed by atoms with Gasteiger partial charge in [0.15, 0.2) is 5.16 Å². The van der Waals surface area contributed by atoms with Crippen molar-refractivity contribution in [2.45, 2.75) is 38.9 Å². The van der Waals surface area contributed by atoms with Crippen molar-refractivity contribution in [3.05, 3.63) is 69.6 Å². The van der Waals surface area contributed by atoms with Crippen molar-refractivity contribution in [1.29, 1.82) is 0 Å². The van der Waals surface area contributed by atoms with Crippen LogP contribution >= 0.6 is 23.1 Å². The van der Waals surface area contributed by atoms with Crippen molar-refractivity contribution in [1.82, 2.24) is 14.5 Å². The van der Waals surface area contributed by atoms with Crippen LogP contribution < -0.4 is 10.9 Å². The Hall–Kier alpha value is -2.97. The number of carbonyl (C=O) groups is 1. The molecule has 6 nitrogen and oxygen atoms in total. The van der Waals surface area contributed by atoms with E-state index in [-0.39, 0.29) is 17.4 Å². The fourth-order valence-corrected chi connectivity index (χ4v) is 6.25. The summed E-state index contributed by atoms with van der Waals surface area (Å²) in [5.74, 6) is 0.232. The summed E-state index contributed by atoms with van der Waals surface area (Å²) < 4.78 is 2.82. The Morgan fingerprint density at radius 2 is 1.94 bits per heavy atom. The molecule has 4 aromatic rings. The summed E-state index contributed by atoms with van der Waals surface area (Å²) in [6.45, 7) is 6.27. The molecular weight excluding hydrogens is 452 g/mol. The van der Waals surface area contributed by atoms with Crippen molar-refractivity contribution < 1.29 is 4.79 Å². The molecule has 1 aliphatic rings. The van der Waals surface area contributed by atoms with Crippen LogP contribution in [0.1, 0.15) is 23.7 Å². The Labute approximate surface area is 200 Å². The van der Waals surface area contributed by atoms with Gasteiger partial charge in [-0.05, 0) is 62.2 Å². The van der Waals surface area contributed by atoms with Gasteiger partial charge in [0.25, 0.3) is 5.56 Å². The number of hydrogen-bond acceptors (Lipinski definition) is 6. The van der Waals surface area contributed by atoms with E-state index in [1.807, 2.05) is 44.2 Å². The minimum atomic E-state index is -0.290. The lowest BCUT2D eigenvalue weighted by Crippen LogP contribution is -2.38. The lowest BCUT2D eigenvalue weighted by Gasteiger charge is -2.25. The van der Waals surface area contributed by atoms with E-state index in [2.05, 4.69) is 29.4 Å². The molecule has 2 aromatic heterocycles. The lowest BCUT2D eigenvalue weighted by atomic mass is 10.1. The Bertz CT molecular complexity index is 1420. The van der Waals surface area contributed by atoms with Gasteiger partial charge in [-0.3, -0.25) is 14.2 Å². The van der Waals surface area contributed by atoms with Crippen LogP contribution in [0.4, 0.5) is 5.69 Å². The first-order chi connectivity index (χ1) is 15.9. The number of anilines is 1. The van der Waals surface area contributed by atoms with E-state index in [1.54, 1.807) is 15.9 Å². The molecule has 0 fully saturated rings. The molecular formula is C25H24N4O2S2. The largest absolute Gasteiger partial charge is 0.326 e. The molecule has 0 aliphatic carbocycles. The van der Waals surface area contributed by atoms with Gasteiger partial charge in [-0.25, -0.2) is 9.97 Å². The molecule has 5 rings (SSSR count). The highest BCUT2D eigenvalue weighted by Gasteiger charge is 2.28. The van der Waals surface area contributed by atoms with Crippen molar-refractivity contribution in [3.8, 4) is 10.6 Å². The second-order valence-corrected chi connectivity index (χ2v) is 10.3. The minimum absolute atomic E-state index is 0.0274. The average molecular weight is 477 g/mol. The molecule has 1 unspecified atom stereocenters. The van der Waals surface area contributed by atoms with E-state index >= 15 is 0 Å². The van der Waals surface area contributed by atoms with Crippen molar-refractivity contribution in [3.63, 3.8) is 0 Å². The SMILES string of the molecule is CCc1c(C)nc2n(c1=O)CC(C(=O)Nc1ccc(-c3nc4ccc(C)cc4s3)cc1)CS2. The van der Waals surface area contributed by atoms with Crippen molar-refractivity contribution in [2.75, 3.05) is 11.1 Å². The van der Waals surface area contributed by atoms with Gasteiger partial charge in [0.05, 0.1) is 16.1 Å². The Morgan fingerprint density at radius 1 is 1.15 bits per heavy atom. The van der Waals surface area contributed by atoms with Crippen LogP contribution in [0, 0.1) is 19.8 Å². The van der Waals surface area contributed by atoms with E-state index in [1.165, 1.54) is 22.0 Å². The topological polar surface area (TPSA) is 76.9 Å². The molecule has 0 bridgehead atoms. The summed E-state index contributed by atoms with van der Waals surface area (Å²) in [5, 5.41) is 4.67. The zero-order valence-electron chi connectivity index (χ0n) is 18.7. The van der Waals surface area contributed by atoms with Crippen LogP contribution in [0.3, 0.4) is 0 Å². The average Bonchev–Trinajstić information content (AvgIpc) is 3.23. The molecule has 33 heavy (non-hydrogen) atoms. The molecule has 1 aliphatic heterocycles. The van der Waals surface area contributed by atoms with Crippen LogP contribution in [0.15, 0.2) is 52.4 Å². The van der Waals surface area contributed by atoms with Gasteiger partial charge in [-0.1, -0.05) is 24.8 Å². The molecule has 2 aromatic carbocycles. The third kappa shape index (κ3) is 4.20. The first-order valence-corrected chi connectivity index (χ1v) is 12.7. The monoisotopic (exact) mass is 476 g/mol. The van der Waals surface area contributed by atoms with Gasteiger partial charge >= 0.3 is 0 Å². The van der Waals surface area contributed by atoms with Gasteiger partial charge in [0.1, 0.15) is 5.01 Å². The van der Waals surface area contributed by atoms with Crippen molar-refractivity contribution >= 4 is 44.9 Å². The molecule has 0 saturated carbocycles. The summed E-state index contributed by atoms with van der Waals surface area (Å²) in [7, 11) is 0. The molecule has 168 valence electrons. The predicted octanol–water partition coefficient (Wildman–Crippen LogP) is 5.06. The normalized spacial score (nSPS) is 15.4. The molecule has 1 amide bonds.